The van der Waals surface area contributed by atoms with Crippen molar-refractivity contribution in [3.8, 4) is 17.2 Å². The summed E-state index contributed by atoms with van der Waals surface area (Å²) in [7, 11) is 1.45. The summed E-state index contributed by atoms with van der Waals surface area (Å²) in [5.41, 5.74) is 3.32. The van der Waals surface area contributed by atoms with E-state index in [1.165, 1.54) is 13.3 Å². The molecule has 0 radical (unpaired) electrons. The maximum atomic E-state index is 12.4. The molecule has 3 aromatic rings. The van der Waals surface area contributed by atoms with Crippen LogP contribution in [0.25, 0.3) is 0 Å². The van der Waals surface area contributed by atoms with Crippen molar-refractivity contribution in [2.45, 2.75) is 12.8 Å². The SMILES string of the molecule is COc1cc(C=NNC(=O)CCCOc2ccc(Cl)cc2Cl)ccc1OC(=O)c1ccccc1Cl. The van der Waals surface area contributed by atoms with Crippen molar-refractivity contribution in [3.63, 3.8) is 0 Å². The van der Waals surface area contributed by atoms with Crippen LogP contribution in [0.1, 0.15) is 28.8 Å². The molecule has 0 aliphatic heterocycles. The number of hydrogen-bond acceptors (Lipinski definition) is 6. The van der Waals surface area contributed by atoms with Crippen LogP contribution in [0, 0.1) is 0 Å². The number of nitrogens with one attached hydrogen (secondary N) is 1. The molecule has 0 aromatic heterocycles. The second-order valence-corrected chi connectivity index (χ2v) is 8.35. The maximum absolute atomic E-state index is 12.4. The number of nitrogens with zero attached hydrogens (tertiary/aromatic N) is 1. The van der Waals surface area contributed by atoms with Crippen molar-refractivity contribution in [1.29, 1.82) is 0 Å². The first-order valence-electron chi connectivity index (χ1n) is 10.4. The summed E-state index contributed by atoms with van der Waals surface area (Å²) >= 11 is 17.9. The van der Waals surface area contributed by atoms with Gasteiger partial charge in [-0.05, 0) is 60.5 Å². The van der Waals surface area contributed by atoms with Crippen molar-refractivity contribution < 1.29 is 23.8 Å². The average molecular weight is 536 g/mol. The Balaban J connectivity index is 1.48. The minimum Gasteiger partial charge on any atom is -0.493 e. The Morgan fingerprint density at radius 2 is 1.71 bits per heavy atom. The lowest BCUT2D eigenvalue weighted by Gasteiger charge is -2.10. The van der Waals surface area contributed by atoms with Gasteiger partial charge in [-0.15, -0.1) is 0 Å². The molecule has 0 spiro atoms. The van der Waals surface area contributed by atoms with Crippen LogP contribution in [0.2, 0.25) is 15.1 Å². The van der Waals surface area contributed by atoms with E-state index in [9.17, 15) is 9.59 Å². The summed E-state index contributed by atoms with van der Waals surface area (Å²) in [6, 6.07) is 16.4. The predicted octanol–water partition coefficient (Wildman–Crippen LogP) is 6.18. The van der Waals surface area contributed by atoms with Crippen molar-refractivity contribution in [2.24, 2.45) is 5.10 Å². The zero-order valence-corrected chi connectivity index (χ0v) is 20.9. The normalized spacial score (nSPS) is 10.7. The topological polar surface area (TPSA) is 86.2 Å². The molecule has 35 heavy (non-hydrogen) atoms. The molecule has 0 aliphatic rings. The summed E-state index contributed by atoms with van der Waals surface area (Å²) in [4.78, 5) is 24.4. The molecule has 3 rings (SSSR count). The number of ether oxygens (including phenoxy) is 3. The molecule has 3 aromatic carbocycles. The fourth-order valence-corrected chi connectivity index (χ4v) is 3.55. The number of amides is 1. The van der Waals surface area contributed by atoms with Gasteiger partial charge in [0, 0.05) is 11.4 Å². The second-order valence-electron chi connectivity index (χ2n) is 7.10. The molecule has 0 atom stereocenters. The summed E-state index contributed by atoms with van der Waals surface area (Å²) in [6.45, 7) is 0.310. The van der Waals surface area contributed by atoms with Gasteiger partial charge >= 0.3 is 5.97 Å². The number of carbonyl (C=O) groups excluding carboxylic acids is 2. The number of carbonyl (C=O) groups is 2. The molecule has 0 bridgehead atoms. The number of hydrogen-bond donors (Lipinski definition) is 1. The average Bonchev–Trinajstić information content (AvgIpc) is 2.84. The van der Waals surface area contributed by atoms with Gasteiger partial charge < -0.3 is 14.2 Å². The Bertz CT molecular complexity index is 1230. The molecule has 7 nitrogen and oxygen atoms in total. The highest BCUT2D eigenvalue weighted by molar-refractivity contribution is 6.35. The number of hydrazone groups is 1. The van der Waals surface area contributed by atoms with Crippen LogP contribution in [0.15, 0.2) is 65.8 Å². The second kappa shape index (κ2) is 13.0. The van der Waals surface area contributed by atoms with Crippen molar-refractivity contribution >= 4 is 52.9 Å². The van der Waals surface area contributed by atoms with Gasteiger partial charge in [0.25, 0.3) is 0 Å². The fraction of sp³-hybridized carbons (Fsp3) is 0.160. The smallest absolute Gasteiger partial charge is 0.345 e. The van der Waals surface area contributed by atoms with E-state index in [-0.39, 0.29) is 28.7 Å². The Labute approximate surface area is 217 Å². The molecule has 0 aliphatic carbocycles. The molecule has 182 valence electrons. The van der Waals surface area contributed by atoms with Gasteiger partial charge in [0.2, 0.25) is 5.91 Å². The summed E-state index contributed by atoms with van der Waals surface area (Å²) < 4.78 is 16.3. The van der Waals surface area contributed by atoms with Gasteiger partial charge in [-0.25, -0.2) is 10.2 Å². The monoisotopic (exact) mass is 534 g/mol. The third-order valence-electron chi connectivity index (χ3n) is 4.59. The largest absolute Gasteiger partial charge is 0.493 e. The third kappa shape index (κ3) is 7.89. The van der Waals surface area contributed by atoms with Gasteiger partial charge in [0.15, 0.2) is 11.5 Å². The lowest BCUT2D eigenvalue weighted by atomic mass is 10.2. The summed E-state index contributed by atoms with van der Waals surface area (Å²) in [6.07, 6.45) is 2.13. The lowest BCUT2D eigenvalue weighted by molar-refractivity contribution is -0.121. The number of methoxy groups -OCH3 is 1. The molecule has 10 heteroatoms. The van der Waals surface area contributed by atoms with Crippen molar-refractivity contribution in [3.05, 3.63) is 86.9 Å². The van der Waals surface area contributed by atoms with E-state index in [0.717, 1.165) is 0 Å². The van der Waals surface area contributed by atoms with E-state index < -0.39 is 5.97 Å². The molecule has 1 amide bonds. The van der Waals surface area contributed by atoms with E-state index in [1.807, 2.05) is 0 Å². The fourth-order valence-electron chi connectivity index (χ4n) is 2.87. The molecule has 0 heterocycles. The predicted molar refractivity (Wildman–Crippen MR) is 136 cm³/mol. The van der Waals surface area contributed by atoms with Crippen LogP contribution in [0.3, 0.4) is 0 Å². The molecule has 0 fully saturated rings. The van der Waals surface area contributed by atoms with Gasteiger partial charge in [-0.2, -0.15) is 5.10 Å². The van der Waals surface area contributed by atoms with Crippen molar-refractivity contribution in [1.82, 2.24) is 5.43 Å². The number of benzene rings is 3. The third-order valence-corrected chi connectivity index (χ3v) is 5.45. The first-order valence-corrected chi connectivity index (χ1v) is 11.5. The minimum absolute atomic E-state index is 0.211. The van der Waals surface area contributed by atoms with Crippen molar-refractivity contribution in [2.75, 3.05) is 13.7 Å². The molecule has 0 saturated heterocycles. The summed E-state index contributed by atoms with van der Waals surface area (Å²) in [5.74, 6) is 0.164. The Morgan fingerprint density at radius 1 is 0.943 bits per heavy atom. The van der Waals surface area contributed by atoms with E-state index in [1.54, 1.807) is 60.7 Å². The van der Waals surface area contributed by atoms with Crippen LogP contribution >= 0.6 is 34.8 Å². The van der Waals surface area contributed by atoms with E-state index >= 15 is 0 Å². The van der Waals surface area contributed by atoms with E-state index in [0.29, 0.717) is 40.1 Å². The van der Waals surface area contributed by atoms with Gasteiger partial charge in [0.1, 0.15) is 5.75 Å². The van der Waals surface area contributed by atoms with E-state index in [2.05, 4.69) is 10.5 Å². The van der Waals surface area contributed by atoms with Crippen LogP contribution in [0.4, 0.5) is 0 Å². The van der Waals surface area contributed by atoms with Crippen LogP contribution in [-0.4, -0.2) is 31.8 Å². The van der Waals surface area contributed by atoms with Crippen LogP contribution < -0.4 is 19.6 Å². The molecular weight excluding hydrogens is 515 g/mol. The zero-order chi connectivity index (χ0) is 25.2. The number of halogens is 3. The maximum Gasteiger partial charge on any atom is 0.345 e. The Kier molecular flexibility index (Phi) is 9.78. The standard InChI is InChI=1S/C25H21Cl3N2O5/c1-33-23-13-16(8-10-22(23)35-25(32)18-5-2-3-6-19(18)27)15-29-30-24(31)7-4-12-34-21-11-9-17(26)14-20(21)28/h2-3,5-6,8-11,13-15H,4,7,12H2,1H3,(H,30,31). The first-order chi connectivity index (χ1) is 16.9. The minimum atomic E-state index is -0.607. The zero-order valence-electron chi connectivity index (χ0n) is 18.6. The molecule has 1 N–H and O–H groups in total. The van der Waals surface area contributed by atoms with Gasteiger partial charge in [-0.1, -0.05) is 46.9 Å². The first kappa shape index (κ1) is 26.3. The van der Waals surface area contributed by atoms with Gasteiger partial charge in [0.05, 0.1) is 35.5 Å². The quantitative estimate of drug-likeness (QED) is 0.110. The van der Waals surface area contributed by atoms with Gasteiger partial charge in [-0.3, -0.25) is 4.79 Å². The number of esters is 1. The van der Waals surface area contributed by atoms with Crippen LogP contribution in [-0.2, 0) is 4.79 Å². The van der Waals surface area contributed by atoms with E-state index in [4.69, 9.17) is 49.0 Å². The highest BCUT2D eigenvalue weighted by Crippen LogP contribution is 2.29. The molecule has 0 saturated carbocycles. The Hall–Kier alpha value is -3.26. The number of rotatable bonds is 10. The highest BCUT2D eigenvalue weighted by Gasteiger charge is 2.15. The summed E-state index contributed by atoms with van der Waals surface area (Å²) in [5, 5.41) is 5.16. The Morgan fingerprint density at radius 3 is 2.46 bits per heavy atom. The highest BCUT2D eigenvalue weighted by atomic mass is 35.5. The molecular formula is C25H21Cl3N2O5. The van der Waals surface area contributed by atoms with Crippen LogP contribution in [0.5, 0.6) is 17.2 Å². The lowest BCUT2D eigenvalue weighted by Crippen LogP contribution is -2.18. The molecule has 0 unspecified atom stereocenters.